The number of carbonyl (C=O) groups is 1. The summed E-state index contributed by atoms with van der Waals surface area (Å²) in [6.45, 7) is 0. The molecule has 110 valence electrons. The Morgan fingerprint density at radius 2 is 2.00 bits per heavy atom. The van der Waals surface area contributed by atoms with E-state index in [4.69, 9.17) is 4.74 Å². The van der Waals surface area contributed by atoms with Gasteiger partial charge in [0.15, 0.2) is 0 Å². The number of hydrogen-bond donors (Lipinski definition) is 0. The summed E-state index contributed by atoms with van der Waals surface area (Å²) in [5, 5.41) is 0. The fourth-order valence-corrected chi connectivity index (χ4v) is 3.77. The molecule has 2 rings (SSSR count). The molecule has 0 fully saturated rings. The molecule has 0 saturated heterocycles. The van der Waals surface area contributed by atoms with E-state index >= 15 is 0 Å². The molecule has 2 nitrogen and oxygen atoms in total. The molecule has 0 amide bonds. The van der Waals surface area contributed by atoms with Crippen molar-refractivity contribution in [1.82, 2.24) is 0 Å². The van der Waals surface area contributed by atoms with Gasteiger partial charge >= 0.3 is 0 Å². The predicted molar refractivity (Wildman–Crippen MR) is 94.3 cm³/mol. The van der Waals surface area contributed by atoms with Gasteiger partial charge in [-0.15, -0.1) is 11.8 Å². The summed E-state index contributed by atoms with van der Waals surface area (Å²) in [5.74, 6) is 1.45. The maximum Gasteiger partial charge on any atom is 0.147 e. The Bertz CT molecular complexity index is 644. The van der Waals surface area contributed by atoms with Gasteiger partial charge in [-0.25, -0.2) is 0 Å². The molecule has 0 N–H and O–H groups in total. The van der Waals surface area contributed by atoms with Gasteiger partial charge in [0, 0.05) is 15.8 Å². The number of benzene rings is 2. The van der Waals surface area contributed by atoms with Crippen LogP contribution in [0, 0.1) is 0 Å². The average Bonchev–Trinajstić information content (AvgIpc) is 2.45. The molecule has 0 aliphatic carbocycles. The van der Waals surface area contributed by atoms with Crippen LogP contribution in [0.2, 0.25) is 0 Å². The topological polar surface area (TPSA) is 26.3 Å². The van der Waals surface area contributed by atoms with Crippen LogP contribution in [-0.4, -0.2) is 18.6 Å². The van der Waals surface area contributed by atoms with Crippen molar-refractivity contribution in [2.75, 3.05) is 12.9 Å². The summed E-state index contributed by atoms with van der Waals surface area (Å²) in [4.78, 5) is 13.1. The van der Waals surface area contributed by atoms with E-state index in [0.29, 0.717) is 12.2 Å². The second-order valence-electron chi connectivity index (χ2n) is 4.43. The maximum atomic E-state index is 12.1. The van der Waals surface area contributed by atoms with Crippen LogP contribution in [0.15, 0.2) is 56.3 Å². The van der Waals surface area contributed by atoms with Crippen LogP contribution in [0.4, 0.5) is 0 Å². The highest BCUT2D eigenvalue weighted by Crippen LogP contribution is 2.26. The van der Waals surface area contributed by atoms with Crippen LogP contribution in [0.5, 0.6) is 5.75 Å². The van der Waals surface area contributed by atoms with Crippen LogP contribution in [0.25, 0.3) is 0 Å². The van der Waals surface area contributed by atoms with Crippen LogP contribution < -0.4 is 4.74 Å². The number of thioether (sulfide) groups is 1. The molecule has 5 heteroatoms. The lowest BCUT2D eigenvalue weighted by Gasteiger charge is -2.06. The van der Waals surface area contributed by atoms with Crippen LogP contribution in [0.3, 0.4) is 0 Å². The first-order chi connectivity index (χ1) is 10.1. The van der Waals surface area contributed by atoms with E-state index in [1.165, 1.54) is 0 Å². The molecule has 21 heavy (non-hydrogen) atoms. The Balaban J connectivity index is 1.91. The van der Waals surface area contributed by atoms with Crippen molar-refractivity contribution < 1.29 is 9.53 Å². The number of hydrogen-bond acceptors (Lipinski definition) is 3. The molecule has 0 aliphatic rings. The Morgan fingerprint density at radius 1 is 1.19 bits per heavy atom. The molecule has 0 aromatic heterocycles. The van der Waals surface area contributed by atoms with Crippen molar-refractivity contribution in [3.63, 3.8) is 0 Å². The number of ketones is 1. The van der Waals surface area contributed by atoms with Crippen molar-refractivity contribution in [3.05, 3.63) is 57.0 Å². The van der Waals surface area contributed by atoms with E-state index < -0.39 is 0 Å². The highest BCUT2D eigenvalue weighted by atomic mass is 79.9. The molecular weight excluding hydrogens is 416 g/mol. The number of Topliss-reactive ketones (excluding diaryl/α,β-unsaturated/α-hetero) is 1. The van der Waals surface area contributed by atoms with Crippen LogP contribution in [0.1, 0.15) is 5.56 Å². The SMILES string of the molecule is COc1ccc(CC(=O)CSc2cccc(Br)c2)cc1Br. The quantitative estimate of drug-likeness (QED) is 0.595. The second-order valence-corrected chi connectivity index (χ2v) is 7.25. The first kappa shape index (κ1) is 16.6. The van der Waals surface area contributed by atoms with Gasteiger partial charge < -0.3 is 4.74 Å². The standard InChI is InChI=1S/C16H14Br2O2S/c1-20-16-6-5-11(8-15(16)18)7-13(19)10-21-14-4-2-3-12(17)9-14/h2-6,8-9H,7,10H2,1H3. The van der Waals surface area contributed by atoms with Crippen molar-refractivity contribution in [2.45, 2.75) is 11.3 Å². The van der Waals surface area contributed by atoms with E-state index in [2.05, 4.69) is 31.9 Å². The number of ether oxygens (including phenoxy) is 1. The first-order valence-corrected chi connectivity index (χ1v) is 8.88. The molecule has 0 spiro atoms. The summed E-state index contributed by atoms with van der Waals surface area (Å²) in [6, 6.07) is 13.7. The van der Waals surface area contributed by atoms with Crippen molar-refractivity contribution >= 4 is 49.4 Å². The summed E-state index contributed by atoms with van der Waals surface area (Å²) < 4.78 is 7.08. The van der Waals surface area contributed by atoms with Crippen molar-refractivity contribution in [1.29, 1.82) is 0 Å². The molecule has 0 radical (unpaired) electrons. The zero-order valence-corrected chi connectivity index (χ0v) is 15.4. The minimum atomic E-state index is 0.206. The lowest BCUT2D eigenvalue weighted by Crippen LogP contribution is -2.05. The molecule has 2 aromatic rings. The maximum absolute atomic E-state index is 12.1. The smallest absolute Gasteiger partial charge is 0.147 e. The van der Waals surface area contributed by atoms with Crippen LogP contribution in [-0.2, 0) is 11.2 Å². The zero-order valence-electron chi connectivity index (χ0n) is 11.4. The third-order valence-electron chi connectivity index (χ3n) is 2.81. The number of halogens is 2. The summed E-state index contributed by atoms with van der Waals surface area (Å²) in [7, 11) is 1.62. The fourth-order valence-electron chi connectivity index (χ4n) is 1.82. The third kappa shape index (κ3) is 5.16. The van der Waals surface area contributed by atoms with Gasteiger partial charge in [-0.05, 0) is 51.8 Å². The third-order valence-corrected chi connectivity index (χ3v) is 4.98. The van der Waals surface area contributed by atoms with Gasteiger partial charge in [-0.1, -0.05) is 28.1 Å². The number of rotatable bonds is 6. The molecule has 0 heterocycles. The van der Waals surface area contributed by atoms with Gasteiger partial charge in [0.1, 0.15) is 11.5 Å². The highest BCUT2D eigenvalue weighted by molar-refractivity contribution is 9.10. The molecular formula is C16H14Br2O2S. The summed E-state index contributed by atoms with van der Waals surface area (Å²) in [6.07, 6.45) is 0.434. The van der Waals surface area contributed by atoms with Gasteiger partial charge in [0.25, 0.3) is 0 Å². The van der Waals surface area contributed by atoms with E-state index in [1.807, 2.05) is 42.5 Å². The average molecular weight is 430 g/mol. The van der Waals surface area contributed by atoms with E-state index in [9.17, 15) is 4.79 Å². The minimum absolute atomic E-state index is 0.206. The second kappa shape index (κ2) is 8.01. The Morgan fingerprint density at radius 3 is 2.67 bits per heavy atom. The van der Waals surface area contributed by atoms with Crippen LogP contribution >= 0.6 is 43.6 Å². The van der Waals surface area contributed by atoms with Gasteiger partial charge in [-0.3, -0.25) is 4.79 Å². The van der Waals surface area contributed by atoms with E-state index in [0.717, 1.165) is 25.2 Å². The summed E-state index contributed by atoms with van der Waals surface area (Å²) >= 11 is 8.42. The largest absolute Gasteiger partial charge is 0.496 e. The number of methoxy groups -OCH3 is 1. The Hall–Kier alpha value is -0.780. The number of carbonyl (C=O) groups excluding carboxylic acids is 1. The van der Waals surface area contributed by atoms with Crippen molar-refractivity contribution in [3.8, 4) is 5.75 Å². The first-order valence-electron chi connectivity index (χ1n) is 6.31. The highest BCUT2D eigenvalue weighted by Gasteiger charge is 2.07. The molecule has 0 aliphatic heterocycles. The van der Waals surface area contributed by atoms with E-state index in [-0.39, 0.29) is 5.78 Å². The zero-order chi connectivity index (χ0) is 15.2. The lowest BCUT2D eigenvalue weighted by molar-refractivity contribution is -0.116. The Labute approximate surface area is 145 Å². The Kier molecular flexibility index (Phi) is 6.33. The van der Waals surface area contributed by atoms with Gasteiger partial charge in [0.2, 0.25) is 0 Å². The predicted octanol–water partition coefficient (Wildman–Crippen LogP) is 5.12. The van der Waals surface area contributed by atoms with Crippen molar-refractivity contribution in [2.24, 2.45) is 0 Å². The molecule has 0 saturated carbocycles. The minimum Gasteiger partial charge on any atom is -0.496 e. The monoisotopic (exact) mass is 428 g/mol. The molecule has 0 atom stereocenters. The van der Waals surface area contributed by atoms with Gasteiger partial charge in [-0.2, -0.15) is 0 Å². The van der Waals surface area contributed by atoms with E-state index in [1.54, 1.807) is 18.9 Å². The summed E-state index contributed by atoms with van der Waals surface area (Å²) in [5.41, 5.74) is 0.988. The lowest BCUT2D eigenvalue weighted by atomic mass is 10.1. The fraction of sp³-hybridized carbons (Fsp3) is 0.188. The van der Waals surface area contributed by atoms with Gasteiger partial charge in [0.05, 0.1) is 17.3 Å². The molecule has 0 bridgehead atoms. The molecule has 2 aromatic carbocycles. The molecule has 0 unspecified atom stereocenters. The normalized spacial score (nSPS) is 10.4.